The molecule has 0 heterocycles. The zero-order valence-electron chi connectivity index (χ0n) is 11.3. The Balaban J connectivity index is 1.82. The monoisotopic (exact) mass is 315 g/mol. The first-order chi connectivity index (χ1) is 9.13. The molecule has 1 N–H and O–H groups in total. The van der Waals surface area contributed by atoms with Gasteiger partial charge in [-0.1, -0.05) is 40.2 Å². The fourth-order valence-electron chi connectivity index (χ4n) is 3.00. The van der Waals surface area contributed by atoms with Crippen molar-refractivity contribution in [3.05, 3.63) is 63.1 Å². The van der Waals surface area contributed by atoms with Crippen molar-refractivity contribution in [2.75, 3.05) is 5.32 Å². The van der Waals surface area contributed by atoms with Gasteiger partial charge < -0.3 is 5.32 Å². The van der Waals surface area contributed by atoms with Crippen LogP contribution in [0.1, 0.15) is 22.3 Å². The van der Waals surface area contributed by atoms with Gasteiger partial charge in [-0.25, -0.2) is 0 Å². The largest absolute Gasteiger partial charge is 0.381 e. The lowest BCUT2D eigenvalue weighted by Crippen LogP contribution is -2.20. The first kappa shape index (κ1) is 12.7. The molecule has 1 aliphatic carbocycles. The lowest BCUT2D eigenvalue weighted by Gasteiger charge is -2.18. The van der Waals surface area contributed by atoms with Gasteiger partial charge in [-0.15, -0.1) is 0 Å². The lowest BCUT2D eigenvalue weighted by atomic mass is 10.1. The van der Waals surface area contributed by atoms with Crippen molar-refractivity contribution in [1.29, 1.82) is 0 Å². The van der Waals surface area contributed by atoms with Crippen molar-refractivity contribution in [3.63, 3.8) is 0 Å². The Hall–Kier alpha value is -1.28. The number of rotatable bonds is 2. The Morgan fingerprint density at radius 2 is 1.53 bits per heavy atom. The van der Waals surface area contributed by atoms with E-state index in [-0.39, 0.29) is 0 Å². The molecule has 2 aromatic rings. The van der Waals surface area contributed by atoms with E-state index in [0.29, 0.717) is 6.04 Å². The highest BCUT2D eigenvalue weighted by molar-refractivity contribution is 9.10. The van der Waals surface area contributed by atoms with Crippen LogP contribution in [0.25, 0.3) is 0 Å². The number of nitrogens with one attached hydrogen (secondary N) is 1. The molecule has 0 saturated carbocycles. The van der Waals surface area contributed by atoms with Crippen LogP contribution in [0.4, 0.5) is 5.69 Å². The van der Waals surface area contributed by atoms with Crippen molar-refractivity contribution < 1.29 is 0 Å². The number of anilines is 1. The second kappa shape index (κ2) is 5.01. The summed E-state index contributed by atoms with van der Waals surface area (Å²) in [5.41, 5.74) is 6.89. The zero-order valence-corrected chi connectivity index (χ0v) is 12.9. The van der Waals surface area contributed by atoms with E-state index in [4.69, 9.17) is 0 Å². The van der Waals surface area contributed by atoms with Crippen LogP contribution in [0.15, 0.2) is 40.9 Å². The standard InChI is InChI=1S/C17H18BrN/c1-11-7-15(18)8-12(2)17(11)19-16-9-13-5-3-4-6-14(13)10-16/h3-8,16,19H,9-10H2,1-2H3. The molecule has 1 nitrogen and oxygen atoms in total. The number of hydrogen-bond donors (Lipinski definition) is 1. The topological polar surface area (TPSA) is 12.0 Å². The molecular formula is C17H18BrN. The normalized spacial score (nSPS) is 14.5. The minimum absolute atomic E-state index is 0.524. The summed E-state index contributed by atoms with van der Waals surface area (Å²) in [6, 6.07) is 13.6. The Kier molecular flexibility index (Phi) is 3.36. The molecule has 0 amide bonds. The number of benzene rings is 2. The summed E-state index contributed by atoms with van der Waals surface area (Å²) in [6.45, 7) is 4.34. The fraction of sp³-hybridized carbons (Fsp3) is 0.294. The molecule has 0 unspecified atom stereocenters. The third-order valence-corrected chi connectivity index (χ3v) is 4.35. The maximum Gasteiger partial charge on any atom is 0.0402 e. The van der Waals surface area contributed by atoms with E-state index in [9.17, 15) is 0 Å². The van der Waals surface area contributed by atoms with E-state index >= 15 is 0 Å². The van der Waals surface area contributed by atoms with E-state index in [1.807, 2.05) is 0 Å². The zero-order chi connectivity index (χ0) is 13.4. The van der Waals surface area contributed by atoms with E-state index in [1.54, 1.807) is 0 Å². The van der Waals surface area contributed by atoms with Crippen LogP contribution in [0.3, 0.4) is 0 Å². The van der Waals surface area contributed by atoms with Gasteiger partial charge in [0.05, 0.1) is 0 Å². The van der Waals surface area contributed by atoms with Crippen LogP contribution in [0.5, 0.6) is 0 Å². The Bertz CT molecular complexity index is 570. The number of hydrogen-bond acceptors (Lipinski definition) is 1. The summed E-state index contributed by atoms with van der Waals surface area (Å²) in [7, 11) is 0. The van der Waals surface area contributed by atoms with Crippen molar-refractivity contribution in [2.24, 2.45) is 0 Å². The lowest BCUT2D eigenvalue weighted by molar-refractivity contribution is 0.772. The first-order valence-corrected chi connectivity index (χ1v) is 7.53. The number of halogens is 1. The summed E-state index contributed by atoms with van der Waals surface area (Å²) in [6.07, 6.45) is 2.26. The summed E-state index contributed by atoms with van der Waals surface area (Å²) < 4.78 is 1.16. The molecule has 0 saturated heterocycles. The number of aryl methyl sites for hydroxylation is 2. The molecule has 0 aliphatic heterocycles. The predicted molar refractivity (Wildman–Crippen MR) is 84.9 cm³/mol. The third kappa shape index (κ3) is 2.55. The van der Waals surface area contributed by atoms with Crippen molar-refractivity contribution in [1.82, 2.24) is 0 Å². The van der Waals surface area contributed by atoms with Gasteiger partial charge in [-0.2, -0.15) is 0 Å². The van der Waals surface area contributed by atoms with E-state index < -0.39 is 0 Å². The molecule has 0 aromatic heterocycles. The average Bonchev–Trinajstić information content (AvgIpc) is 2.76. The highest BCUT2D eigenvalue weighted by Crippen LogP contribution is 2.29. The fourth-order valence-corrected chi connectivity index (χ4v) is 3.69. The van der Waals surface area contributed by atoms with Crippen LogP contribution in [-0.2, 0) is 12.8 Å². The molecule has 2 heteroatoms. The summed E-state index contributed by atoms with van der Waals surface area (Å²) in [5, 5.41) is 3.73. The molecule has 0 radical (unpaired) electrons. The summed E-state index contributed by atoms with van der Waals surface area (Å²) >= 11 is 3.56. The van der Waals surface area contributed by atoms with Crippen molar-refractivity contribution in [3.8, 4) is 0 Å². The van der Waals surface area contributed by atoms with Gasteiger partial charge in [-0.05, 0) is 61.1 Å². The van der Waals surface area contributed by atoms with Crippen molar-refractivity contribution >= 4 is 21.6 Å². The van der Waals surface area contributed by atoms with Crippen LogP contribution < -0.4 is 5.32 Å². The van der Waals surface area contributed by atoms with Crippen LogP contribution in [0, 0.1) is 13.8 Å². The van der Waals surface area contributed by atoms with Crippen molar-refractivity contribution in [2.45, 2.75) is 32.7 Å². The van der Waals surface area contributed by atoms with Crippen LogP contribution in [-0.4, -0.2) is 6.04 Å². The second-order valence-corrected chi connectivity index (χ2v) is 6.35. The van der Waals surface area contributed by atoms with Gasteiger partial charge in [-0.3, -0.25) is 0 Å². The van der Waals surface area contributed by atoms with Crippen LogP contribution >= 0.6 is 15.9 Å². The molecule has 0 atom stereocenters. The first-order valence-electron chi connectivity index (χ1n) is 6.73. The number of fused-ring (bicyclic) bond motifs is 1. The van der Waals surface area contributed by atoms with Crippen LogP contribution in [0.2, 0.25) is 0 Å². The quantitative estimate of drug-likeness (QED) is 0.851. The summed E-state index contributed by atoms with van der Waals surface area (Å²) in [4.78, 5) is 0. The SMILES string of the molecule is Cc1cc(Br)cc(C)c1NC1Cc2ccccc2C1. The molecule has 2 aromatic carbocycles. The second-order valence-electron chi connectivity index (χ2n) is 5.43. The Morgan fingerprint density at radius 1 is 1.00 bits per heavy atom. The smallest absolute Gasteiger partial charge is 0.0402 e. The molecule has 0 bridgehead atoms. The predicted octanol–water partition coefficient (Wildman–Crippen LogP) is 4.65. The Morgan fingerprint density at radius 3 is 2.05 bits per heavy atom. The molecule has 3 rings (SSSR count). The van der Waals surface area contributed by atoms with Gasteiger partial charge >= 0.3 is 0 Å². The molecular weight excluding hydrogens is 298 g/mol. The maximum absolute atomic E-state index is 3.73. The molecule has 1 aliphatic rings. The minimum atomic E-state index is 0.524. The Labute approximate surface area is 123 Å². The van der Waals surface area contributed by atoms with E-state index in [1.165, 1.54) is 27.9 Å². The van der Waals surface area contributed by atoms with Gasteiger partial charge in [0, 0.05) is 16.2 Å². The highest BCUT2D eigenvalue weighted by atomic mass is 79.9. The van der Waals surface area contributed by atoms with E-state index in [2.05, 4.69) is 71.5 Å². The van der Waals surface area contributed by atoms with Gasteiger partial charge in [0.15, 0.2) is 0 Å². The average molecular weight is 316 g/mol. The summed E-state index contributed by atoms with van der Waals surface area (Å²) in [5.74, 6) is 0. The molecule has 0 spiro atoms. The molecule has 0 fully saturated rings. The van der Waals surface area contributed by atoms with Gasteiger partial charge in [0.25, 0.3) is 0 Å². The van der Waals surface area contributed by atoms with Gasteiger partial charge in [0.2, 0.25) is 0 Å². The maximum atomic E-state index is 3.73. The van der Waals surface area contributed by atoms with Gasteiger partial charge in [0.1, 0.15) is 0 Å². The molecule has 98 valence electrons. The highest BCUT2D eigenvalue weighted by Gasteiger charge is 2.21. The third-order valence-electron chi connectivity index (χ3n) is 3.90. The minimum Gasteiger partial charge on any atom is -0.381 e. The van der Waals surface area contributed by atoms with E-state index in [0.717, 1.165) is 17.3 Å². The molecule has 19 heavy (non-hydrogen) atoms.